The summed E-state index contributed by atoms with van der Waals surface area (Å²) in [6, 6.07) is 7.35. The Bertz CT molecular complexity index is 633. The molecule has 0 saturated heterocycles. The van der Waals surface area contributed by atoms with Crippen molar-refractivity contribution in [1.82, 2.24) is 10.2 Å². The molecular formula is C10H10N2O4S. The van der Waals surface area contributed by atoms with Crippen LogP contribution in [-0.2, 0) is 15.9 Å². The van der Waals surface area contributed by atoms with Crippen LogP contribution in [0.25, 0.3) is 11.5 Å². The molecule has 2 rings (SSSR count). The van der Waals surface area contributed by atoms with Crippen molar-refractivity contribution in [3.8, 4) is 11.5 Å². The Morgan fingerprint density at radius 2 is 2.00 bits per heavy atom. The molecule has 0 fully saturated rings. The van der Waals surface area contributed by atoms with Crippen LogP contribution in [0.1, 0.15) is 11.5 Å². The van der Waals surface area contributed by atoms with Gasteiger partial charge in [0.15, 0.2) is 5.75 Å². The summed E-state index contributed by atoms with van der Waals surface area (Å²) in [5.74, 6) is -0.571. The van der Waals surface area contributed by atoms with Crippen molar-refractivity contribution < 1.29 is 17.4 Å². The minimum atomic E-state index is -4.15. The van der Waals surface area contributed by atoms with E-state index in [1.54, 1.807) is 6.07 Å². The van der Waals surface area contributed by atoms with Crippen LogP contribution in [0.3, 0.4) is 0 Å². The lowest BCUT2D eigenvalue weighted by atomic mass is 10.1. The maximum atomic E-state index is 10.6. The summed E-state index contributed by atoms with van der Waals surface area (Å²) < 4.78 is 35.1. The van der Waals surface area contributed by atoms with Gasteiger partial charge < -0.3 is 4.42 Å². The molecule has 0 aliphatic heterocycles. The summed E-state index contributed by atoms with van der Waals surface area (Å²) in [6.07, 6.45) is 0. The highest BCUT2D eigenvalue weighted by Gasteiger charge is 2.15. The number of hydrogen-bond acceptors (Lipinski definition) is 5. The number of rotatable bonds is 3. The van der Waals surface area contributed by atoms with E-state index in [2.05, 4.69) is 10.2 Å². The molecule has 0 bridgehead atoms. The average molecular weight is 254 g/mol. The van der Waals surface area contributed by atoms with Crippen molar-refractivity contribution in [3.63, 3.8) is 0 Å². The molecule has 0 atom stereocenters. The highest BCUT2D eigenvalue weighted by molar-refractivity contribution is 7.84. The van der Waals surface area contributed by atoms with Crippen molar-refractivity contribution in [2.24, 2.45) is 0 Å². The first-order valence-corrected chi connectivity index (χ1v) is 6.40. The van der Waals surface area contributed by atoms with Gasteiger partial charge >= 0.3 is 0 Å². The van der Waals surface area contributed by atoms with Crippen LogP contribution in [0.2, 0.25) is 0 Å². The van der Waals surface area contributed by atoms with Crippen molar-refractivity contribution >= 4 is 10.1 Å². The van der Waals surface area contributed by atoms with E-state index in [-0.39, 0.29) is 11.8 Å². The molecule has 0 amide bonds. The highest BCUT2D eigenvalue weighted by atomic mass is 32.2. The molecule has 1 aromatic carbocycles. The summed E-state index contributed by atoms with van der Waals surface area (Å²) >= 11 is 0. The second-order valence-corrected chi connectivity index (χ2v) is 4.99. The molecule has 0 unspecified atom stereocenters. The van der Waals surface area contributed by atoms with Crippen LogP contribution < -0.4 is 0 Å². The largest absolute Gasteiger partial charge is 0.419 e. The average Bonchev–Trinajstić information content (AvgIpc) is 2.64. The number of nitrogens with zero attached hydrogens (tertiary/aromatic N) is 2. The second-order valence-electron chi connectivity index (χ2n) is 3.54. The first-order valence-electron chi connectivity index (χ1n) is 4.79. The third-order valence-corrected chi connectivity index (χ3v) is 2.76. The van der Waals surface area contributed by atoms with Crippen molar-refractivity contribution in [2.75, 3.05) is 0 Å². The Morgan fingerprint density at radius 1 is 1.29 bits per heavy atom. The van der Waals surface area contributed by atoms with Crippen molar-refractivity contribution in [3.05, 3.63) is 35.7 Å². The van der Waals surface area contributed by atoms with E-state index in [1.807, 2.05) is 25.1 Å². The Hall–Kier alpha value is -1.73. The Morgan fingerprint density at radius 3 is 2.65 bits per heavy atom. The molecule has 0 saturated carbocycles. The fourth-order valence-electron chi connectivity index (χ4n) is 1.39. The van der Waals surface area contributed by atoms with Crippen LogP contribution in [0, 0.1) is 6.92 Å². The highest BCUT2D eigenvalue weighted by Crippen LogP contribution is 2.21. The third kappa shape index (κ3) is 2.89. The SMILES string of the molecule is Cc1ccccc1-c1nnc(CS(=O)(=O)O)o1. The lowest BCUT2D eigenvalue weighted by Gasteiger charge is -1.98. The quantitative estimate of drug-likeness (QED) is 0.833. The summed E-state index contributed by atoms with van der Waals surface area (Å²) in [7, 11) is -4.15. The molecule has 0 aliphatic rings. The summed E-state index contributed by atoms with van der Waals surface area (Å²) in [4.78, 5) is 0. The zero-order valence-electron chi connectivity index (χ0n) is 8.99. The fraction of sp³-hybridized carbons (Fsp3) is 0.200. The van der Waals surface area contributed by atoms with Gasteiger partial charge in [0.05, 0.1) is 0 Å². The van der Waals surface area contributed by atoms with Gasteiger partial charge in [-0.3, -0.25) is 4.55 Å². The van der Waals surface area contributed by atoms with Crippen LogP contribution in [0.4, 0.5) is 0 Å². The van der Waals surface area contributed by atoms with E-state index in [4.69, 9.17) is 8.97 Å². The fourth-order valence-corrected chi connectivity index (χ4v) is 1.82. The maximum absolute atomic E-state index is 10.6. The van der Waals surface area contributed by atoms with Gasteiger partial charge in [-0.2, -0.15) is 8.42 Å². The third-order valence-electron chi connectivity index (χ3n) is 2.15. The molecule has 0 spiro atoms. The van der Waals surface area contributed by atoms with Gasteiger partial charge in [0.1, 0.15) is 0 Å². The van der Waals surface area contributed by atoms with E-state index in [1.165, 1.54) is 0 Å². The smallest absolute Gasteiger partial charge is 0.273 e. The van der Waals surface area contributed by atoms with Gasteiger partial charge in [-0.15, -0.1) is 10.2 Å². The molecule has 90 valence electrons. The van der Waals surface area contributed by atoms with E-state index in [0.29, 0.717) is 0 Å². The molecule has 1 aromatic heterocycles. The van der Waals surface area contributed by atoms with E-state index < -0.39 is 15.9 Å². The number of benzene rings is 1. The molecule has 2 aromatic rings. The summed E-state index contributed by atoms with van der Waals surface area (Å²) in [6.45, 7) is 1.88. The summed E-state index contributed by atoms with van der Waals surface area (Å²) in [5, 5.41) is 7.30. The normalized spacial score (nSPS) is 11.6. The molecule has 0 radical (unpaired) electrons. The predicted molar refractivity (Wildman–Crippen MR) is 59.7 cm³/mol. The minimum absolute atomic E-state index is 0.134. The van der Waals surface area contributed by atoms with Gasteiger partial charge in [-0.05, 0) is 18.6 Å². The lowest BCUT2D eigenvalue weighted by molar-refractivity contribution is 0.465. The molecule has 7 heteroatoms. The Kier molecular flexibility index (Phi) is 2.95. The number of aryl methyl sites for hydroxylation is 1. The van der Waals surface area contributed by atoms with Gasteiger partial charge in [0.2, 0.25) is 11.8 Å². The Labute approximate surface area is 98.0 Å². The van der Waals surface area contributed by atoms with Gasteiger partial charge in [0.25, 0.3) is 10.1 Å². The van der Waals surface area contributed by atoms with Crippen molar-refractivity contribution in [2.45, 2.75) is 12.7 Å². The maximum Gasteiger partial charge on any atom is 0.273 e. The first-order chi connectivity index (χ1) is 7.96. The zero-order chi connectivity index (χ0) is 12.5. The lowest BCUT2D eigenvalue weighted by Crippen LogP contribution is -2.01. The monoisotopic (exact) mass is 254 g/mol. The summed E-state index contributed by atoms with van der Waals surface area (Å²) in [5.41, 5.74) is 1.68. The van der Waals surface area contributed by atoms with Crippen LogP contribution >= 0.6 is 0 Å². The van der Waals surface area contributed by atoms with E-state index in [9.17, 15) is 8.42 Å². The minimum Gasteiger partial charge on any atom is -0.419 e. The van der Waals surface area contributed by atoms with Gasteiger partial charge in [-0.25, -0.2) is 0 Å². The first kappa shape index (κ1) is 11.7. The van der Waals surface area contributed by atoms with E-state index >= 15 is 0 Å². The number of aromatic nitrogens is 2. The molecule has 6 nitrogen and oxygen atoms in total. The molecule has 1 N–H and O–H groups in total. The predicted octanol–water partition coefficient (Wildman–Crippen LogP) is 1.43. The Balaban J connectivity index is 2.34. The topological polar surface area (TPSA) is 93.3 Å². The van der Waals surface area contributed by atoms with E-state index in [0.717, 1.165) is 11.1 Å². The van der Waals surface area contributed by atoms with Crippen molar-refractivity contribution in [1.29, 1.82) is 0 Å². The van der Waals surface area contributed by atoms with Crippen LogP contribution in [0.5, 0.6) is 0 Å². The standard InChI is InChI=1S/C10H10N2O4S/c1-7-4-2-3-5-8(7)10-12-11-9(16-10)6-17(13,14)15/h2-5H,6H2,1H3,(H,13,14,15). The van der Waals surface area contributed by atoms with Crippen LogP contribution in [0.15, 0.2) is 28.7 Å². The van der Waals surface area contributed by atoms with Crippen LogP contribution in [-0.4, -0.2) is 23.2 Å². The van der Waals surface area contributed by atoms with Gasteiger partial charge in [-0.1, -0.05) is 18.2 Å². The zero-order valence-corrected chi connectivity index (χ0v) is 9.81. The molecule has 1 heterocycles. The number of hydrogen-bond donors (Lipinski definition) is 1. The molecular weight excluding hydrogens is 244 g/mol. The second kappa shape index (κ2) is 4.27. The molecule has 17 heavy (non-hydrogen) atoms. The molecule has 0 aliphatic carbocycles. The van der Waals surface area contributed by atoms with Gasteiger partial charge in [0, 0.05) is 5.56 Å².